The summed E-state index contributed by atoms with van der Waals surface area (Å²) in [5.41, 5.74) is 0. The van der Waals surface area contributed by atoms with Crippen molar-refractivity contribution in [1.29, 1.82) is 0 Å². The third-order valence-electron chi connectivity index (χ3n) is 3.10. The number of nitrogens with zero attached hydrogens (tertiary/aromatic N) is 4. The van der Waals surface area contributed by atoms with Crippen LogP contribution < -0.4 is 15.0 Å². The van der Waals surface area contributed by atoms with Gasteiger partial charge in [-0.05, 0) is 19.3 Å². The predicted octanol–water partition coefficient (Wildman–Crippen LogP) is 0.273. The maximum Gasteiger partial charge on any atom is 0.322 e. The van der Waals surface area contributed by atoms with Gasteiger partial charge in [-0.15, -0.1) is 0 Å². The number of aliphatic hydroxyl groups excluding tert-OH is 1. The minimum Gasteiger partial charge on any atom is -0.467 e. The molecule has 7 nitrogen and oxygen atoms in total. The van der Waals surface area contributed by atoms with Crippen LogP contribution in [-0.4, -0.2) is 53.4 Å². The normalized spacial score (nSPS) is 19.7. The summed E-state index contributed by atoms with van der Waals surface area (Å²) in [6, 6.07) is 0.363. The lowest BCUT2D eigenvalue weighted by atomic mass is 10.0. The van der Waals surface area contributed by atoms with Crippen molar-refractivity contribution in [2.24, 2.45) is 0 Å². The van der Waals surface area contributed by atoms with Gasteiger partial charge in [0.25, 0.3) is 0 Å². The molecule has 100 valence electrons. The van der Waals surface area contributed by atoms with Crippen molar-refractivity contribution < 1.29 is 9.84 Å². The molecule has 1 aromatic rings. The molecule has 0 amide bonds. The van der Waals surface area contributed by atoms with Gasteiger partial charge < -0.3 is 20.1 Å². The molecule has 0 bridgehead atoms. The highest BCUT2D eigenvalue weighted by Gasteiger charge is 2.25. The standard InChI is InChI=1S/C11H19N5O2/c1-12-9-13-10(15-11(14-9)18-2)16-6-4-3-5-8(16)7-17/h8,17H,3-7H2,1-2H3,(H,12,13,14,15). The van der Waals surface area contributed by atoms with E-state index in [1.807, 2.05) is 4.90 Å². The van der Waals surface area contributed by atoms with Crippen LogP contribution in [0.5, 0.6) is 6.01 Å². The minimum atomic E-state index is 0.0792. The van der Waals surface area contributed by atoms with Gasteiger partial charge in [-0.1, -0.05) is 0 Å². The van der Waals surface area contributed by atoms with E-state index in [9.17, 15) is 5.11 Å². The van der Waals surface area contributed by atoms with E-state index in [0.717, 1.165) is 25.8 Å². The van der Waals surface area contributed by atoms with Gasteiger partial charge in [-0.2, -0.15) is 15.0 Å². The van der Waals surface area contributed by atoms with E-state index < -0.39 is 0 Å². The molecule has 0 aromatic carbocycles. The predicted molar refractivity (Wildman–Crippen MR) is 68.0 cm³/mol. The van der Waals surface area contributed by atoms with Crippen LogP contribution in [0.15, 0.2) is 0 Å². The summed E-state index contributed by atoms with van der Waals surface area (Å²) in [7, 11) is 3.27. The molecule has 0 saturated carbocycles. The highest BCUT2D eigenvalue weighted by molar-refractivity contribution is 5.39. The number of hydrogen-bond acceptors (Lipinski definition) is 7. The van der Waals surface area contributed by atoms with Crippen molar-refractivity contribution >= 4 is 11.9 Å². The summed E-state index contributed by atoms with van der Waals surface area (Å²) >= 11 is 0. The van der Waals surface area contributed by atoms with Gasteiger partial charge in [0.2, 0.25) is 11.9 Å². The van der Waals surface area contributed by atoms with Crippen molar-refractivity contribution in [3.8, 4) is 6.01 Å². The van der Waals surface area contributed by atoms with Gasteiger partial charge in [0, 0.05) is 13.6 Å². The first-order chi connectivity index (χ1) is 8.78. The zero-order valence-electron chi connectivity index (χ0n) is 10.8. The third-order valence-corrected chi connectivity index (χ3v) is 3.10. The second-order valence-electron chi connectivity index (χ2n) is 4.22. The molecular formula is C11H19N5O2. The molecule has 2 rings (SSSR count). The monoisotopic (exact) mass is 253 g/mol. The Morgan fingerprint density at radius 2 is 2.22 bits per heavy atom. The quantitative estimate of drug-likeness (QED) is 0.797. The highest BCUT2D eigenvalue weighted by Crippen LogP contribution is 2.23. The molecule has 1 saturated heterocycles. The largest absolute Gasteiger partial charge is 0.467 e. The van der Waals surface area contributed by atoms with E-state index in [-0.39, 0.29) is 18.7 Å². The lowest BCUT2D eigenvalue weighted by Gasteiger charge is -2.34. The molecule has 2 heterocycles. The number of piperidine rings is 1. The van der Waals surface area contributed by atoms with Crippen molar-refractivity contribution in [2.75, 3.05) is 37.5 Å². The summed E-state index contributed by atoms with van der Waals surface area (Å²) in [6.07, 6.45) is 3.17. The smallest absolute Gasteiger partial charge is 0.322 e. The summed E-state index contributed by atoms with van der Waals surface area (Å²) < 4.78 is 5.07. The van der Waals surface area contributed by atoms with E-state index >= 15 is 0 Å². The fourth-order valence-electron chi connectivity index (χ4n) is 2.13. The van der Waals surface area contributed by atoms with E-state index in [1.54, 1.807) is 7.05 Å². The summed E-state index contributed by atoms with van der Waals surface area (Å²) in [6.45, 7) is 0.963. The molecule has 0 aliphatic carbocycles. The molecule has 1 fully saturated rings. The van der Waals surface area contributed by atoms with Crippen molar-refractivity contribution in [3.05, 3.63) is 0 Å². The number of rotatable bonds is 4. The maximum atomic E-state index is 9.42. The number of methoxy groups -OCH3 is 1. The van der Waals surface area contributed by atoms with E-state index in [2.05, 4.69) is 20.3 Å². The average molecular weight is 253 g/mol. The highest BCUT2D eigenvalue weighted by atomic mass is 16.5. The molecule has 2 N–H and O–H groups in total. The second kappa shape index (κ2) is 5.81. The first-order valence-corrected chi connectivity index (χ1v) is 6.13. The van der Waals surface area contributed by atoms with E-state index in [4.69, 9.17) is 4.74 Å². The number of aliphatic hydroxyl groups is 1. The van der Waals surface area contributed by atoms with Crippen LogP contribution in [-0.2, 0) is 0 Å². The van der Waals surface area contributed by atoms with Gasteiger partial charge in [0.15, 0.2) is 0 Å². The summed E-state index contributed by atoms with van der Waals surface area (Å²) in [5.74, 6) is 1.03. The number of hydrogen-bond donors (Lipinski definition) is 2. The van der Waals surface area contributed by atoms with Gasteiger partial charge in [0.1, 0.15) is 0 Å². The third kappa shape index (κ3) is 2.61. The Morgan fingerprint density at radius 3 is 2.89 bits per heavy atom. The van der Waals surface area contributed by atoms with E-state index in [0.29, 0.717) is 11.9 Å². The molecule has 18 heavy (non-hydrogen) atoms. The molecule has 1 aliphatic rings. The lowest BCUT2D eigenvalue weighted by molar-refractivity contribution is 0.238. The fourth-order valence-corrected chi connectivity index (χ4v) is 2.13. The van der Waals surface area contributed by atoms with Crippen LogP contribution in [0, 0.1) is 0 Å². The molecule has 0 radical (unpaired) electrons. The van der Waals surface area contributed by atoms with Gasteiger partial charge >= 0.3 is 6.01 Å². The Morgan fingerprint density at radius 1 is 1.39 bits per heavy atom. The molecule has 1 aromatic heterocycles. The molecule has 7 heteroatoms. The molecule has 0 spiro atoms. The van der Waals surface area contributed by atoms with Crippen LogP contribution >= 0.6 is 0 Å². The zero-order chi connectivity index (χ0) is 13.0. The van der Waals surface area contributed by atoms with Crippen molar-refractivity contribution in [1.82, 2.24) is 15.0 Å². The Hall–Kier alpha value is -1.63. The minimum absolute atomic E-state index is 0.0792. The van der Waals surface area contributed by atoms with Gasteiger partial charge in [-0.3, -0.25) is 0 Å². The lowest BCUT2D eigenvalue weighted by Crippen LogP contribution is -2.43. The topological polar surface area (TPSA) is 83.4 Å². The molecule has 1 aliphatic heterocycles. The first-order valence-electron chi connectivity index (χ1n) is 6.13. The van der Waals surface area contributed by atoms with E-state index in [1.165, 1.54) is 7.11 Å². The zero-order valence-corrected chi connectivity index (χ0v) is 10.8. The van der Waals surface area contributed by atoms with Crippen LogP contribution in [0.25, 0.3) is 0 Å². The maximum absolute atomic E-state index is 9.42. The Kier molecular flexibility index (Phi) is 4.14. The Bertz CT molecular complexity index is 379. The van der Waals surface area contributed by atoms with Crippen molar-refractivity contribution in [2.45, 2.75) is 25.3 Å². The molecule has 1 atom stereocenters. The van der Waals surface area contributed by atoms with Crippen LogP contribution in [0.2, 0.25) is 0 Å². The second-order valence-corrected chi connectivity index (χ2v) is 4.22. The number of anilines is 2. The summed E-state index contributed by atoms with van der Waals surface area (Å²) in [4.78, 5) is 14.7. The number of aromatic nitrogens is 3. The van der Waals surface area contributed by atoms with Crippen LogP contribution in [0.3, 0.4) is 0 Å². The van der Waals surface area contributed by atoms with Crippen LogP contribution in [0.4, 0.5) is 11.9 Å². The van der Waals surface area contributed by atoms with Gasteiger partial charge in [-0.25, -0.2) is 0 Å². The summed E-state index contributed by atoms with van der Waals surface area (Å²) in [5, 5.41) is 12.3. The number of nitrogens with one attached hydrogen (secondary N) is 1. The van der Waals surface area contributed by atoms with Crippen molar-refractivity contribution in [3.63, 3.8) is 0 Å². The van der Waals surface area contributed by atoms with Crippen LogP contribution in [0.1, 0.15) is 19.3 Å². The fraction of sp³-hybridized carbons (Fsp3) is 0.727. The van der Waals surface area contributed by atoms with Gasteiger partial charge in [0.05, 0.1) is 19.8 Å². The SMILES string of the molecule is CNc1nc(OC)nc(N2CCCCC2CO)n1. The average Bonchev–Trinajstić information content (AvgIpc) is 2.46. The number of ether oxygens (including phenoxy) is 1. The molecule has 1 unspecified atom stereocenters. The Labute approximate surface area is 106 Å². The Balaban J connectivity index is 2.29. The molecular weight excluding hydrogens is 234 g/mol. The first kappa shape index (κ1) is 12.8.